The number of nitrogens with one attached hydrogen (secondary N) is 1. The van der Waals surface area contributed by atoms with Gasteiger partial charge in [0.15, 0.2) is 0 Å². The second-order valence-corrected chi connectivity index (χ2v) is 9.56. The molecule has 1 aliphatic heterocycles. The van der Waals surface area contributed by atoms with E-state index >= 15 is 0 Å². The van der Waals surface area contributed by atoms with Gasteiger partial charge in [-0.2, -0.15) is 0 Å². The summed E-state index contributed by atoms with van der Waals surface area (Å²) >= 11 is 0.907. The van der Waals surface area contributed by atoms with E-state index in [4.69, 9.17) is 9.47 Å². The quantitative estimate of drug-likeness (QED) is 0.597. The van der Waals surface area contributed by atoms with E-state index in [0.29, 0.717) is 48.0 Å². The minimum absolute atomic E-state index is 0.0128. The SMILES string of the molecule is COc1ccccc1NS(=O)(=O)c1ccc2c(c1)sc(=O)n2CC(=O)N1CCOCC1. The van der Waals surface area contributed by atoms with Crippen LogP contribution in [0.15, 0.2) is 52.2 Å². The van der Waals surface area contributed by atoms with Gasteiger partial charge in [-0.15, -0.1) is 0 Å². The van der Waals surface area contributed by atoms with E-state index in [1.807, 2.05) is 0 Å². The van der Waals surface area contributed by atoms with Gasteiger partial charge in [0.05, 0.1) is 41.1 Å². The molecule has 3 aromatic rings. The summed E-state index contributed by atoms with van der Waals surface area (Å²) in [5.41, 5.74) is 0.833. The zero-order valence-corrected chi connectivity index (χ0v) is 18.4. The first kappa shape index (κ1) is 21.3. The van der Waals surface area contributed by atoms with Gasteiger partial charge < -0.3 is 14.4 Å². The number of carbonyl (C=O) groups is 1. The van der Waals surface area contributed by atoms with Crippen molar-refractivity contribution in [2.75, 3.05) is 38.1 Å². The minimum Gasteiger partial charge on any atom is -0.495 e. The molecule has 1 aliphatic rings. The van der Waals surface area contributed by atoms with E-state index in [2.05, 4.69) is 4.72 Å². The van der Waals surface area contributed by atoms with Crippen LogP contribution in [0.1, 0.15) is 0 Å². The number of methoxy groups -OCH3 is 1. The second-order valence-electron chi connectivity index (χ2n) is 6.88. The molecule has 1 aromatic heterocycles. The Morgan fingerprint density at radius 3 is 2.68 bits per heavy atom. The molecular weight excluding hydrogens is 442 g/mol. The van der Waals surface area contributed by atoms with Crippen LogP contribution in [0.25, 0.3) is 10.2 Å². The lowest BCUT2D eigenvalue weighted by Crippen LogP contribution is -2.43. The molecule has 1 N–H and O–H groups in total. The van der Waals surface area contributed by atoms with E-state index in [0.717, 1.165) is 11.3 Å². The van der Waals surface area contributed by atoms with Crippen LogP contribution in [0.2, 0.25) is 0 Å². The highest BCUT2D eigenvalue weighted by atomic mass is 32.2. The van der Waals surface area contributed by atoms with E-state index in [-0.39, 0.29) is 22.2 Å². The Kier molecular flexibility index (Phi) is 5.99. The highest BCUT2D eigenvalue weighted by molar-refractivity contribution is 7.92. The van der Waals surface area contributed by atoms with Crippen LogP contribution >= 0.6 is 11.3 Å². The standard InChI is InChI=1S/C20H21N3O6S2/c1-28-17-5-3-2-4-15(17)21-31(26,27)14-6-7-16-18(12-14)30-20(25)23(16)13-19(24)22-8-10-29-11-9-22/h2-7,12,21H,8-11,13H2,1H3. The molecule has 0 saturated carbocycles. The number of anilines is 1. The maximum atomic E-state index is 12.9. The van der Waals surface area contributed by atoms with Gasteiger partial charge in [0.1, 0.15) is 12.3 Å². The van der Waals surface area contributed by atoms with Gasteiger partial charge in [-0.05, 0) is 30.3 Å². The summed E-state index contributed by atoms with van der Waals surface area (Å²) in [4.78, 5) is 26.4. The van der Waals surface area contributed by atoms with Crippen LogP contribution in [-0.4, -0.2) is 57.2 Å². The summed E-state index contributed by atoms with van der Waals surface area (Å²) < 4.78 is 40.6. The molecule has 2 aromatic carbocycles. The van der Waals surface area contributed by atoms with E-state index in [1.54, 1.807) is 35.2 Å². The van der Waals surface area contributed by atoms with Crippen LogP contribution in [0, 0.1) is 0 Å². The van der Waals surface area contributed by atoms with E-state index < -0.39 is 10.0 Å². The number of sulfonamides is 1. The van der Waals surface area contributed by atoms with Crippen molar-refractivity contribution in [3.8, 4) is 5.75 Å². The molecule has 0 spiro atoms. The van der Waals surface area contributed by atoms with Gasteiger partial charge in [0, 0.05) is 13.1 Å². The number of hydrogen-bond donors (Lipinski definition) is 1. The highest BCUT2D eigenvalue weighted by Crippen LogP contribution is 2.28. The van der Waals surface area contributed by atoms with Gasteiger partial charge in [-0.25, -0.2) is 8.42 Å². The third-order valence-corrected chi connectivity index (χ3v) is 7.26. The van der Waals surface area contributed by atoms with Crippen molar-refractivity contribution in [3.63, 3.8) is 0 Å². The normalized spacial score (nSPS) is 14.5. The van der Waals surface area contributed by atoms with Crippen molar-refractivity contribution in [3.05, 3.63) is 52.1 Å². The van der Waals surface area contributed by atoms with Gasteiger partial charge in [-0.1, -0.05) is 23.5 Å². The summed E-state index contributed by atoms with van der Waals surface area (Å²) in [6, 6.07) is 11.1. The van der Waals surface area contributed by atoms with Crippen LogP contribution in [0.3, 0.4) is 0 Å². The van der Waals surface area contributed by atoms with Crippen LogP contribution in [-0.2, 0) is 26.1 Å². The molecule has 1 amide bonds. The average molecular weight is 464 g/mol. The predicted molar refractivity (Wildman–Crippen MR) is 117 cm³/mol. The summed E-state index contributed by atoms with van der Waals surface area (Å²) in [6.07, 6.45) is 0. The van der Waals surface area contributed by atoms with Crippen LogP contribution in [0.4, 0.5) is 5.69 Å². The Bertz CT molecular complexity index is 1280. The molecule has 0 radical (unpaired) electrons. The monoisotopic (exact) mass is 463 g/mol. The first-order valence-corrected chi connectivity index (χ1v) is 11.8. The minimum atomic E-state index is -3.90. The Labute approximate surface area is 182 Å². The number of para-hydroxylation sites is 2. The lowest BCUT2D eigenvalue weighted by molar-refractivity contribution is -0.135. The Morgan fingerprint density at radius 2 is 1.94 bits per heavy atom. The molecule has 4 rings (SSSR count). The van der Waals surface area contributed by atoms with Gasteiger partial charge in [0.2, 0.25) is 5.91 Å². The molecule has 0 atom stereocenters. The third kappa shape index (κ3) is 4.43. The summed E-state index contributed by atoms with van der Waals surface area (Å²) in [5, 5.41) is 0. The Hall–Kier alpha value is -2.89. The topological polar surface area (TPSA) is 107 Å². The van der Waals surface area contributed by atoms with Crippen LogP contribution in [0.5, 0.6) is 5.75 Å². The number of rotatable bonds is 6. The number of benzene rings is 2. The first-order valence-electron chi connectivity index (χ1n) is 9.54. The van der Waals surface area contributed by atoms with Crippen molar-refractivity contribution in [1.82, 2.24) is 9.47 Å². The molecule has 31 heavy (non-hydrogen) atoms. The number of thiazole rings is 1. The summed E-state index contributed by atoms with van der Waals surface area (Å²) in [7, 11) is -2.45. The maximum absolute atomic E-state index is 12.9. The van der Waals surface area contributed by atoms with Crippen LogP contribution < -0.4 is 14.3 Å². The second kappa shape index (κ2) is 8.69. The molecule has 0 bridgehead atoms. The number of hydrogen-bond acceptors (Lipinski definition) is 7. The Morgan fingerprint density at radius 1 is 1.19 bits per heavy atom. The molecule has 0 unspecified atom stereocenters. The highest BCUT2D eigenvalue weighted by Gasteiger charge is 2.21. The van der Waals surface area contributed by atoms with Gasteiger partial charge >= 0.3 is 4.87 Å². The lowest BCUT2D eigenvalue weighted by atomic mass is 10.3. The average Bonchev–Trinajstić information content (AvgIpc) is 3.08. The van der Waals surface area contributed by atoms with Crippen molar-refractivity contribution in [2.24, 2.45) is 0 Å². The molecule has 1 fully saturated rings. The third-order valence-electron chi connectivity index (χ3n) is 4.96. The molecule has 0 aliphatic carbocycles. The fraction of sp³-hybridized carbons (Fsp3) is 0.300. The van der Waals surface area contributed by atoms with Gasteiger partial charge in [-0.3, -0.25) is 18.9 Å². The molecular formula is C20H21N3O6S2. The Balaban J connectivity index is 1.61. The molecule has 11 heteroatoms. The molecule has 164 valence electrons. The zero-order chi connectivity index (χ0) is 22.0. The van der Waals surface area contributed by atoms with Crippen molar-refractivity contribution in [2.45, 2.75) is 11.4 Å². The fourth-order valence-electron chi connectivity index (χ4n) is 3.34. The number of amides is 1. The van der Waals surface area contributed by atoms with E-state index in [1.165, 1.54) is 23.8 Å². The number of aromatic nitrogens is 1. The maximum Gasteiger partial charge on any atom is 0.308 e. The van der Waals surface area contributed by atoms with Crippen molar-refractivity contribution >= 4 is 43.2 Å². The number of morpholine rings is 1. The molecule has 9 nitrogen and oxygen atoms in total. The molecule has 2 heterocycles. The lowest BCUT2D eigenvalue weighted by Gasteiger charge is -2.26. The number of fused-ring (bicyclic) bond motifs is 1. The summed E-state index contributed by atoms with van der Waals surface area (Å²) in [6.45, 7) is 1.85. The number of nitrogens with zero attached hydrogens (tertiary/aromatic N) is 2. The fourth-order valence-corrected chi connectivity index (χ4v) is 5.44. The number of carbonyl (C=O) groups excluding carboxylic acids is 1. The smallest absolute Gasteiger partial charge is 0.308 e. The van der Waals surface area contributed by atoms with Gasteiger partial charge in [0.25, 0.3) is 10.0 Å². The van der Waals surface area contributed by atoms with E-state index in [9.17, 15) is 18.0 Å². The van der Waals surface area contributed by atoms with Crippen molar-refractivity contribution in [1.29, 1.82) is 0 Å². The summed E-state index contributed by atoms with van der Waals surface area (Å²) in [5.74, 6) is 0.226. The van der Waals surface area contributed by atoms with Crippen molar-refractivity contribution < 1.29 is 22.7 Å². The molecule has 1 saturated heterocycles. The zero-order valence-electron chi connectivity index (χ0n) is 16.7. The predicted octanol–water partition coefficient (Wildman–Crippen LogP) is 1.73. The largest absolute Gasteiger partial charge is 0.495 e. The first-order chi connectivity index (χ1) is 14.9. The number of ether oxygens (including phenoxy) is 2.